The number of aromatic nitrogens is 4. The number of nitrogens with zero attached hydrogens (tertiary/aromatic N) is 2. The van der Waals surface area contributed by atoms with Gasteiger partial charge in [0, 0.05) is 0 Å². The van der Waals surface area contributed by atoms with Gasteiger partial charge in [-0.3, -0.25) is 9.78 Å². The van der Waals surface area contributed by atoms with E-state index in [2.05, 4.69) is 19.9 Å². The van der Waals surface area contributed by atoms with Crippen LogP contribution in [0.1, 0.15) is 0 Å². The molecule has 0 saturated carbocycles. The van der Waals surface area contributed by atoms with E-state index in [1.165, 1.54) is 0 Å². The number of hydrogen-bond acceptors (Lipinski definition) is 5. The molecule has 0 atom stereocenters. The van der Waals surface area contributed by atoms with Gasteiger partial charge in [0.15, 0.2) is 5.65 Å². The van der Waals surface area contributed by atoms with Crippen LogP contribution < -0.4 is 17.0 Å². The Balaban J connectivity index is 3.03. The lowest BCUT2D eigenvalue weighted by Gasteiger charge is -1.96. The van der Waals surface area contributed by atoms with Crippen molar-refractivity contribution in [3.05, 3.63) is 27.0 Å². The van der Waals surface area contributed by atoms with Gasteiger partial charge in [0.25, 0.3) is 5.56 Å². The molecule has 2 aromatic heterocycles. The Morgan fingerprint density at radius 1 is 1.31 bits per heavy atom. The molecule has 0 fully saturated rings. The van der Waals surface area contributed by atoms with Gasteiger partial charge < -0.3 is 10.7 Å². The summed E-state index contributed by atoms with van der Waals surface area (Å²) in [6, 6.07) is 0. The highest BCUT2D eigenvalue weighted by molar-refractivity contribution is 5.79. The first-order valence-corrected chi connectivity index (χ1v) is 3.41. The molecule has 0 saturated heterocycles. The number of fused-ring (bicyclic) bond motifs is 1. The van der Waals surface area contributed by atoms with Crippen molar-refractivity contribution in [1.29, 1.82) is 0 Å². The van der Waals surface area contributed by atoms with E-state index in [1.807, 2.05) is 0 Å². The zero-order valence-corrected chi connectivity index (χ0v) is 6.37. The Hall–Kier alpha value is -2.18. The Kier molecular flexibility index (Phi) is 1.38. The van der Waals surface area contributed by atoms with E-state index in [-0.39, 0.29) is 17.0 Å². The summed E-state index contributed by atoms with van der Waals surface area (Å²) in [4.78, 5) is 33.4. The maximum atomic E-state index is 10.8. The average molecular weight is 179 g/mol. The minimum Gasteiger partial charge on any atom is -0.383 e. The lowest BCUT2D eigenvalue weighted by molar-refractivity contribution is 1.07. The standard InChI is InChI=1S/C6H5N5O2/c7-4-3-5(11-6(13)10-4)9-2(12)1-8-3/h1H,(H4,7,9,10,11,12,13). The second-order valence-electron chi connectivity index (χ2n) is 2.40. The van der Waals surface area contributed by atoms with Crippen molar-refractivity contribution < 1.29 is 0 Å². The van der Waals surface area contributed by atoms with Crippen LogP contribution in [-0.4, -0.2) is 19.9 Å². The molecule has 2 aromatic rings. The average Bonchev–Trinajstić information content (AvgIpc) is 2.02. The fraction of sp³-hybridized carbons (Fsp3) is 0. The molecule has 0 unspecified atom stereocenters. The molecule has 66 valence electrons. The van der Waals surface area contributed by atoms with Crippen molar-refractivity contribution in [3.63, 3.8) is 0 Å². The highest BCUT2D eigenvalue weighted by Gasteiger charge is 2.02. The molecule has 0 bridgehead atoms. The normalized spacial score (nSPS) is 10.5. The van der Waals surface area contributed by atoms with Gasteiger partial charge in [-0.15, -0.1) is 0 Å². The summed E-state index contributed by atoms with van der Waals surface area (Å²) in [7, 11) is 0. The summed E-state index contributed by atoms with van der Waals surface area (Å²) in [5.41, 5.74) is 4.75. The number of aromatic amines is 2. The van der Waals surface area contributed by atoms with Crippen LogP contribution in [0.25, 0.3) is 11.2 Å². The highest BCUT2D eigenvalue weighted by atomic mass is 16.1. The van der Waals surface area contributed by atoms with Crippen LogP contribution in [0.3, 0.4) is 0 Å². The fourth-order valence-electron chi connectivity index (χ4n) is 0.974. The summed E-state index contributed by atoms with van der Waals surface area (Å²) in [6.45, 7) is 0. The van der Waals surface area contributed by atoms with Crippen LogP contribution in [0, 0.1) is 0 Å². The molecule has 0 spiro atoms. The largest absolute Gasteiger partial charge is 0.383 e. The molecule has 0 amide bonds. The quantitative estimate of drug-likeness (QED) is 0.459. The summed E-state index contributed by atoms with van der Waals surface area (Å²) >= 11 is 0. The van der Waals surface area contributed by atoms with Gasteiger partial charge in [0.1, 0.15) is 11.3 Å². The lowest BCUT2D eigenvalue weighted by atomic mass is 10.5. The summed E-state index contributed by atoms with van der Waals surface area (Å²) in [5.74, 6) is 0.0891. The van der Waals surface area contributed by atoms with Gasteiger partial charge in [-0.1, -0.05) is 0 Å². The number of H-pyrrole nitrogens is 2. The Labute approximate surface area is 70.7 Å². The van der Waals surface area contributed by atoms with E-state index in [9.17, 15) is 9.59 Å². The van der Waals surface area contributed by atoms with Gasteiger partial charge in [-0.2, -0.15) is 4.98 Å². The maximum absolute atomic E-state index is 10.8. The monoisotopic (exact) mass is 179 g/mol. The van der Waals surface area contributed by atoms with E-state index >= 15 is 0 Å². The van der Waals surface area contributed by atoms with Crippen molar-refractivity contribution in [2.75, 3.05) is 5.73 Å². The van der Waals surface area contributed by atoms with Crippen LogP contribution in [0.15, 0.2) is 15.8 Å². The van der Waals surface area contributed by atoms with Crippen LogP contribution in [0.4, 0.5) is 5.82 Å². The Bertz CT molecular complexity index is 564. The molecule has 13 heavy (non-hydrogen) atoms. The van der Waals surface area contributed by atoms with Gasteiger partial charge in [-0.05, 0) is 0 Å². The zero-order chi connectivity index (χ0) is 9.42. The Morgan fingerprint density at radius 3 is 2.85 bits per heavy atom. The minimum atomic E-state index is -0.617. The first kappa shape index (κ1) is 7.47. The van der Waals surface area contributed by atoms with Gasteiger partial charge in [0.05, 0.1) is 6.20 Å². The lowest BCUT2D eigenvalue weighted by Crippen LogP contribution is -2.17. The smallest absolute Gasteiger partial charge is 0.348 e. The molecule has 0 radical (unpaired) electrons. The number of nitrogens with one attached hydrogen (secondary N) is 2. The SMILES string of the molecule is Nc1[nH]c(=O)nc2[nH]c(=O)cnc12. The summed E-state index contributed by atoms with van der Waals surface area (Å²) in [6.07, 6.45) is 1.07. The Morgan fingerprint density at radius 2 is 2.08 bits per heavy atom. The summed E-state index contributed by atoms with van der Waals surface area (Å²) in [5, 5.41) is 0. The van der Waals surface area contributed by atoms with Crippen molar-refractivity contribution in [2.24, 2.45) is 0 Å². The number of nitrogen functional groups attached to an aromatic ring is 1. The maximum Gasteiger partial charge on any atom is 0.348 e. The second kappa shape index (κ2) is 2.41. The predicted octanol–water partition coefficient (Wildman–Crippen LogP) is -1.41. The fourth-order valence-corrected chi connectivity index (χ4v) is 0.974. The van der Waals surface area contributed by atoms with E-state index < -0.39 is 11.2 Å². The molecule has 0 aliphatic heterocycles. The molecular weight excluding hydrogens is 174 g/mol. The van der Waals surface area contributed by atoms with Gasteiger partial charge in [0.2, 0.25) is 0 Å². The van der Waals surface area contributed by atoms with Gasteiger partial charge >= 0.3 is 5.69 Å². The molecule has 0 aromatic carbocycles. The number of nitrogens with two attached hydrogens (primary N) is 1. The molecule has 0 aliphatic carbocycles. The third kappa shape index (κ3) is 1.15. The molecule has 7 nitrogen and oxygen atoms in total. The second-order valence-corrected chi connectivity index (χ2v) is 2.40. The molecule has 4 N–H and O–H groups in total. The zero-order valence-electron chi connectivity index (χ0n) is 6.37. The molecule has 2 rings (SSSR count). The topological polar surface area (TPSA) is 118 Å². The van der Waals surface area contributed by atoms with Crippen LogP contribution >= 0.6 is 0 Å². The third-order valence-electron chi connectivity index (χ3n) is 1.49. The van der Waals surface area contributed by atoms with Crippen molar-refractivity contribution in [1.82, 2.24) is 19.9 Å². The van der Waals surface area contributed by atoms with Crippen molar-refractivity contribution >= 4 is 17.0 Å². The third-order valence-corrected chi connectivity index (χ3v) is 1.49. The molecule has 2 heterocycles. The molecule has 7 heteroatoms. The number of hydrogen-bond donors (Lipinski definition) is 3. The van der Waals surface area contributed by atoms with Crippen molar-refractivity contribution in [2.45, 2.75) is 0 Å². The van der Waals surface area contributed by atoms with Crippen LogP contribution in [-0.2, 0) is 0 Å². The van der Waals surface area contributed by atoms with Crippen molar-refractivity contribution in [3.8, 4) is 0 Å². The van der Waals surface area contributed by atoms with E-state index in [0.29, 0.717) is 0 Å². The molecule has 0 aliphatic rings. The molecular formula is C6H5N5O2. The first-order chi connectivity index (χ1) is 6.16. The highest BCUT2D eigenvalue weighted by Crippen LogP contribution is 2.05. The predicted molar refractivity (Wildman–Crippen MR) is 45.2 cm³/mol. The summed E-state index contributed by atoms with van der Waals surface area (Å²) < 4.78 is 0. The van der Waals surface area contributed by atoms with E-state index in [0.717, 1.165) is 6.20 Å². The first-order valence-electron chi connectivity index (χ1n) is 3.41. The van der Waals surface area contributed by atoms with E-state index in [1.54, 1.807) is 0 Å². The van der Waals surface area contributed by atoms with Crippen LogP contribution in [0.5, 0.6) is 0 Å². The van der Waals surface area contributed by atoms with Crippen LogP contribution in [0.2, 0.25) is 0 Å². The minimum absolute atomic E-state index is 0.0891. The van der Waals surface area contributed by atoms with Gasteiger partial charge in [-0.25, -0.2) is 9.78 Å². The van der Waals surface area contributed by atoms with E-state index in [4.69, 9.17) is 5.73 Å². The number of rotatable bonds is 0. The number of anilines is 1.